The van der Waals surface area contributed by atoms with E-state index < -0.39 is 0 Å². The molecule has 10 heteroatoms. The molecule has 10 nitrogen and oxygen atoms in total. The molecule has 2 atom stereocenters. The number of methoxy groups -OCH3 is 1. The van der Waals surface area contributed by atoms with Crippen LogP contribution >= 0.6 is 0 Å². The molecule has 0 spiro atoms. The Bertz CT molecular complexity index is 1830. The van der Waals surface area contributed by atoms with E-state index in [1.54, 1.807) is 28.7 Å². The number of ether oxygens (including phenoxy) is 1. The summed E-state index contributed by atoms with van der Waals surface area (Å²) < 4.78 is 8.66. The van der Waals surface area contributed by atoms with Gasteiger partial charge in [-0.05, 0) is 30.7 Å². The molecule has 0 aromatic carbocycles. The van der Waals surface area contributed by atoms with Crippen molar-refractivity contribution in [3.63, 3.8) is 0 Å². The van der Waals surface area contributed by atoms with Crippen molar-refractivity contribution in [2.45, 2.75) is 18.5 Å². The third kappa shape index (κ3) is 4.54. The first-order valence-electron chi connectivity index (χ1n) is 13.5. The predicted molar refractivity (Wildman–Crippen MR) is 154 cm³/mol. The number of piperazine rings is 1. The van der Waals surface area contributed by atoms with Gasteiger partial charge in [-0.2, -0.15) is 15.5 Å². The number of rotatable bonds is 5. The Morgan fingerprint density at radius 1 is 0.951 bits per heavy atom. The zero-order chi connectivity index (χ0) is 27.9. The molecule has 0 aliphatic carbocycles. The number of hydrogen-bond acceptors (Lipinski definition) is 8. The lowest BCUT2D eigenvalue weighted by Gasteiger charge is -2.56. The molecule has 2 unspecified atom stereocenters. The first-order valence-corrected chi connectivity index (χ1v) is 13.5. The second-order valence-corrected chi connectivity index (χ2v) is 10.4. The van der Waals surface area contributed by atoms with Gasteiger partial charge in [0.1, 0.15) is 11.9 Å². The normalized spacial score (nSPS) is 17.9. The zero-order valence-electron chi connectivity index (χ0n) is 22.8. The van der Waals surface area contributed by atoms with Crippen molar-refractivity contribution in [3.05, 3.63) is 78.6 Å². The lowest BCUT2D eigenvalue weighted by molar-refractivity contribution is 0.0125. The second kappa shape index (κ2) is 10.1. The van der Waals surface area contributed by atoms with E-state index in [2.05, 4.69) is 61.1 Å². The van der Waals surface area contributed by atoms with Gasteiger partial charge in [0.05, 0.1) is 37.1 Å². The molecule has 0 radical (unpaired) electrons. The Hall–Kier alpha value is -5.19. The SMILES string of the molecule is COc1ccc(C#CCN2C3CC2CN(c2ccc(-c4cc(-c5cnn(C)c5)cn5ncc(C#N)c45)cn2)C3)cn1. The summed E-state index contributed by atoms with van der Waals surface area (Å²) >= 11 is 0. The largest absolute Gasteiger partial charge is 0.481 e. The van der Waals surface area contributed by atoms with Crippen LogP contribution in [0.25, 0.3) is 27.8 Å². The van der Waals surface area contributed by atoms with Crippen molar-refractivity contribution in [1.82, 2.24) is 34.3 Å². The molecule has 0 amide bonds. The number of nitriles is 1. The van der Waals surface area contributed by atoms with Crippen LogP contribution in [0.5, 0.6) is 5.88 Å². The van der Waals surface area contributed by atoms with Crippen molar-refractivity contribution in [2.75, 3.05) is 31.6 Å². The van der Waals surface area contributed by atoms with Crippen LogP contribution in [0.4, 0.5) is 5.82 Å². The fourth-order valence-corrected chi connectivity index (χ4v) is 5.82. The molecular weight excluding hydrogens is 514 g/mol. The van der Waals surface area contributed by atoms with Crippen LogP contribution in [0.2, 0.25) is 0 Å². The van der Waals surface area contributed by atoms with Crippen LogP contribution < -0.4 is 9.64 Å². The quantitative estimate of drug-likeness (QED) is 0.312. The molecule has 8 heterocycles. The molecule has 41 heavy (non-hydrogen) atoms. The number of anilines is 1. The minimum atomic E-state index is 0.472. The van der Waals surface area contributed by atoms with Crippen LogP contribution in [-0.2, 0) is 7.05 Å². The third-order valence-corrected chi connectivity index (χ3v) is 7.94. The number of piperidine rings is 1. The van der Waals surface area contributed by atoms with Gasteiger partial charge < -0.3 is 9.64 Å². The third-order valence-electron chi connectivity index (χ3n) is 7.94. The van der Waals surface area contributed by atoms with Crippen LogP contribution in [0.1, 0.15) is 17.5 Å². The van der Waals surface area contributed by atoms with Crippen molar-refractivity contribution >= 4 is 11.3 Å². The minimum absolute atomic E-state index is 0.472. The molecule has 5 aromatic heterocycles. The summed E-state index contributed by atoms with van der Waals surface area (Å²) in [5.74, 6) is 8.09. The Morgan fingerprint density at radius 2 is 1.83 bits per heavy atom. The molecule has 0 saturated carbocycles. The highest BCUT2D eigenvalue weighted by molar-refractivity contribution is 5.87. The first-order chi connectivity index (χ1) is 20.1. The van der Waals surface area contributed by atoms with Crippen molar-refractivity contribution in [3.8, 4) is 46.0 Å². The fourth-order valence-electron chi connectivity index (χ4n) is 5.82. The van der Waals surface area contributed by atoms with E-state index >= 15 is 0 Å². The molecule has 8 rings (SSSR count). The summed E-state index contributed by atoms with van der Waals surface area (Å²) in [7, 11) is 3.50. The highest BCUT2D eigenvalue weighted by atomic mass is 16.5. The Balaban J connectivity index is 1.08. The lowest BCUT2D eigenvalue weighted by Crippen LogP contribution is -2.68. The monoisotopic (exact) mass is 541 g/mol. The minimum Gasteiger partial charge on any atom is -0.481 e. The molecular formula is C31H27N9O. The zero-order valence-corrected chi connectivity index (χ0v) is 22.8. The van der Waals surface area contributed by atoms with E-state index in [0.29, 0.717) is 23.5 Å². The van der Waals surface area contributed by atoms with E-state index in [1.807, 2.05) is 44.0 Å². The van der Waals surface area contributed by atoms with Gasteiger partial charge in [0, 0.05) is 90.9 Å². The Morgan fingerprint density at radius 3 is 2.51 bits per heavy atom. The number of pyridine rings is 3. The van der Waals surface area contributed by atoms with Crippen LogP contribution in [0, 0.1) is 23.2 Å². The Kier molecular flexibility index (Phi) is 6.11. The highest BCUT2D eigenvalue weighted by Gasteiger charge is 2.44. The number of nitrogens with zero attached hydrogens (tertiary/aromatic N) is 9. The number of aromatic nitrogens is 6. The molecule has 2 bridgehead atoms. The summed E-state index contributed by atoms with van der Waals surface area (Å²) in [5.41, 5.74) is 6.01. The Labute approximate surface area is 237 Å². The molecule has 3 fully saturated rings. The highest BCUT2D eigenvalue weighted by Crippen LogP contribution is 2.35. The predicted octanol–water partition coefficient (Wildman–Crippen LogP) is 3.39. The van der Waals surface area contributed by atoms with Gasteiger partial charge in [-0.25, -0.2) is 14.5 Å². The molecule has 3 aliphatic rings. The van der Waals surface area contributed by atoms with E-state index in [-0.39, 0.29) is 0 Å². The topological polar surface area (TPSA) is 100 Å². The molecule has 202 valence electrons. The van der Waals surface area contributed by atoms with Gasteiger partial charge in [0.2, 0.25) is 5.88 Å². The number of fused-ring (bicyclic) bond motifs is 3. The summed E-state index contributed by atoms with van der Waals surface area (Å²) in [6, 6.07) is 13.2. The van der Waals surface area contributed by atoms with Gasteiger partial charge in [0.25, 0.3) is 0 Å². The van der Waals surface area contributed by atoms with Gasteiger partial charge >= 0.3 is 0 Å². The fraction of sp³-hybridized carbons (Fsp3) is 0.258. The van der Waals surface area contributed by atoms with Crippen LogP contribution in [-0.4, -0.2) is 73.1 Å². The number of aryl methyl sites for hydroxylation is 1. The summed E-state index contributed by atoms with van der Waals surface area (Å²) in [6.45, 7) is 2.60. The van der Waals surface area contributed by atoms with E-state index in [4.69, 9.17) is 9.72 Å². The van der Waals surface area contributed by atoms with Crippen molar-refractivity contribution < 1.29 is 4.74 Å². The van der Waals surface area contributed by atoms with Crippen LogP contribution in [0.3, 0.4) is 0 Å². The van der Waals surface area contributed by atoms with E-state index in [9.17, 15) is 5.26 Å². The van der Waals surface area contributed by atoms with Crippen molar-refractivity contribution in [2.24, 2.45) is 7.05 Å². The standard InChI is InChI=1S/C31H27N9O/c1-37-17-25(16-35-37)23-10-28(31-24(12-32)15-36-40(31)18-23)22-6-7-29(33-14-22)38-19-26-11-27(20-38)39(26)9-3-4-21-5-8-30(41-2)34-13-21/h5-8,10,13-18,26-27H,9,11,19-20H2,1-2H3. The van der Waals surface area contributed by atoms with E-state index in [1.165, 1.54) is 6.42 Å². The molecule has 0 N–H and O–H groups in total. The first kappa shape index (κ1) is 24.8. The maximum absolute atomic E-state index is 9.72. The smallest absolute Gasteiger partial charge is 0.212 e. The van der Waals surface area contributed by atoms with Gasteiger partial charge in [-0.1, -0.05) is 11.8 Å². The molecule has 5 aromatic rings. The van der Waals surface area contributed by atoms with E-state index in [0.717, 1.165) is 58.8 Å². The lowest BCUT2D eigenvalue weighted by atomic mass is 9.87. The average molecular weight is 542 g/mol. The number of hydrogen-bond donors (Lipinski definition) is 0. The summed E-state index contributed by atoms with van der Waals surface area (Å²) in [6.07, 6.45) is 12.2. The maximum atomic E-state index is 9.72. The van der Waals surface area contributed by atoms with Gasteiger partial charge in [0.15, 0.2) is 0 Å². The van der Waals surface area contributed by atoms with Gasteiger partial charge in [-0.15, -0.1) is 0 Å². The van der Waals surface area contributed by atoms with Crippen molar-refractivity contribution in [1.29, 1.82) is 5.26 Å². The maximum Gasteiger partial charge on any atom is 0.212 e. The van der Waals surface area contributed by atoms with Crippen LogP contribution in [0.15, 0.2) is 67.5 Å². The summed E-state index contributed by atoms with van der Waals surface area (Å²) in [4.78, 5) is 13.9. The summed E-state index contributed by atoms with van der Waals surface area (Å²) in [5, 5.41) is 18.5. The average Bonchev–Trinajstić information content (AvgIpc) is 3.65. The molecule has 3 saturated heterocycles. The van der Waals surface area contributed by atoms with Gasteiger partial charge in [-0.3, -0.25) is 9.58 Å². The molecule has 3 aliphatic heterocycles. The second-order valence-electron chi connectivity index (χ2n) is 10.4.